The maximum Gasteiger partial charge on any atom is 0.313 e. The van der Waals surface area contributed by atoms with Crippen molar-refractivity contribution in [1.29, 1.82) is 0 Å². The van der Waals surface area contributed by atoms with Gasteiger partial charge in [0.15, 0.2) is 0 Å². The Kier molecular flexibility index (Phi) is 13.3. The summed E-state index contributed by atoms with van der Waals surface area (Å²) in [4.78, 5) is 68.0. The molecule has 0 fully saturated rings. The predicted molar refractivity (Wildman–Crippen MR) is 134 cm³/mol. The summed E-state index contributed by atoms with van der Waals surface area (Å²) in [7, 11) is 0. The van der Waals surface area contributed by atoms with Gasteiger partial charge in [-0.05, 0) is 96.9 Å². The highest BCUT2D eigenvalue weighted by molar-refractivity contribution is 5.85. The maximum absolute atomic E-state index is 12.4. The van der Waals surface area contributed by atoms with Crippen molar-refractivity contribution >= 4 is 11.9 Å². The molecule has 11 nitrogen and oxygen atoms in total. The average molecular weight is 539 g/mol. The van der Waals surface area contributed by atoms with E-state index < -0.39 is 45.9 Å². The molecule has 0 unspecified atom stereocenters. The number of esters is 2. The molecule has 0 aromatic rings. The Balaban J connectivity index is 5.03. The Labute approximate surface area is 222 Å². The predicted octanol–water partition coefficient (Wildman–Crippen LogP) is 6.04. The number of ether oxygens (including phenoxy) is 1. The Hall–Kier alpha value is -1.18. The molecular weight excluding hydrogens is 488 g/mol. The summed E-state index contributed by atoms with van der Waals surface area (Å²) in [6.07, 6.45) is -0.413. The van der Waals surface area contributed by atoms with Crippen LogP contribution >= 0.6 is 0 Å². The minimum atomic E-state index is -1.43. The van der Waals surface area contributed by atoms with Crippen molar-refractivity contribution in [2.24, 2.45) is 0 Å². The summed E-state index contributed by atoms with van der Waals surface area (Å²) < 4.78 is 4.96. The van der Waals surface area contributed by atoms with Crippen LogP contribution < -0.4 is 0 Å². The van der Waals surface area contributed by atoms with Crippen molar-refractivity contribution in [3.05, 3.63) is 0 Å². The molecule has 0 spiro atoms. The highest BCUT2D eigenvalue weighted by atomic mass is 17.3. The van der Waals surface area contributed by atoms with E-state index >= 15 is 0 Å². The highest BCUT2D eigenvalue weighted by Gasteiger charge is 2.36. The molecule has 0 N–H and O–H groups in total. The molecule has 0 bridgehead atoms. The minimum Gasteiger partial charge on any atom is -0.393 e. The standard InChI is InChI=1S/C26H50O11/c1-21(2,3)30-34-25(13,35-31-22(4,5)6)17-15-19(27)29-20(28)16-18-26(14,36-32-23(7,8)9)37-33-24(10,11)12/h15-18H2,1-14H3. The van der Waals surface area contributed by atoms with Crippen LogP contribution in [0.25, 0.3) is 0 Å². The zero-order chi connectivity index (χ0) is 29.3. The first kappa shape index (κ1) is 35.8. The van der Waals surface area contributed by atoms with Crippen LogP contribution in [0.4, 0.5) is 0 Å². The van der Waals surface area contributed by atoms with Crippen molar-refractivity contribution < 1.29 is 53.4 Å². The fourth-order valence-electron chi connectivity index (χ4n) is 1.93. The fraction of sp³-hybridized carbons (Fsp3) is 0.923. The van der Waals surface area contributed by atoms with Crippen LogP contribution in [-0.4, -0.2) is 45.9 Å². The Morgan fingerprint density at radius 2 is 0.622 bits per heavy atom. The molecule has 0 aromatic carbocycles. The maximum atomic E-state index is 12.4. The number of hydrogen-bond acceptors (Lipinski definition) is 11. The van der Waals surface area contributed by atoms with E-state index in [9.17, 15) is 9.59 Å². The number of rotatable bonds is 14. The van der Waals surface area contributed by atoms with Gasteiger partial charge in [0, 0.05) is 12.8 Å². The third-order valence-corrected chi connectivity index (χ3v) is 3.67. The Morgan fingerprint density at radius 3 is 0.811 bits per heavy atom. The SMILES string of the molecule is CC(C)(C)OOC(C)(CCC(=O)OC(=O)CCC(C)(OOC(C)(C)C)OOC(C)(C)C)OOC(C)(C)C. The smallest absolute Gasteiger partial charge is 0.313 e. The average Bonchev–Trinajstić information content (AvgIpc) is 2.69. The summed E-state index contributed by atoms with van der Waals surface area (Å²) in [6.45, 7) is 24.7. The largest absolute Gasteiger partial charge is 0.393 e. The first-order chi connectivity index (χ1) is 16.3. The zero-order valence-corrected chi connectivity index (χ0v) is 25.3. The van der Waals surface area contributed by atoms with Gasteiger partial charge in [-0.25, -0.2) is 19.6 Å². The molecule has 37 heavy (non-hydrogen) atoms. The van der Waals surface area contributed by atoms with Crippen molar-refractivity contribution in [3.8, 4) is 0 Å². The highest BCUT2D eigenvalue weighted by Crippen LogP contribution is 2.28. The quantitative estimate of drug-likeness (QED) is 0.0847. The van der Waals surface area contributed by atoms with E-state index in [-0.39, 0.29) is 25.7 Å². The van der Waals surface area contributed by atoms with Crippen molar-refractivity contribution in [2.45, 2.75) is 157 Å². The van der Waals surface area contributed by atoms with Crippen LogP contribution in [0.15, 0.2) is 0 Å². The van der Waals surface area contributed by atoms with Gasteiger partial charge in [-0.1, -0.05) is 0 Å². The topological polar surface area (TPSA) is 117 Å². The number of carbonyl (C=O) groups is 2. The van der Waals surface area contributed by atoms with Gasteiger partial charge in [-0.3, -0.25) is 9.59 Å². The van der Waals surface area contributed by atoms with E-state index in [0.29, 0.717) is 0 Å². The lowest BCUT2D eigenvalue weighted by molar-refractivity contribution is -0.537. The molecule has 0 radical (unpaired) electrons. The first-order valence-electron chi connectivity index (χ1n) is 12.5. The lowest BCUT2D eigenvalue weighted by atomic mass is 10.1. The van der Waals surface area contributed by atoms with Crippen LogP contribution in [0.1, 0.15) is 123 Å². The monoisotopic (exact) mass is 538 g/mol. The fourth-order valence-corrected chi connectivity index (χ4v) is 1.93. The molecule has 0 aliphatic rings. The summed E-state index contributed by atoms with van der Waals surface area (Å²) in [6, 6.07) is 0. The summed E-state index contributed by atoms with van der Waals surface area (Å²) in [5.41, 5.74) is -2.53. The second-order valence-electron chi connectivity index (χ2n) is 13.2. The van der Waals surface area contributed by atoms with Crippen molar-refractivity contribution in [1.82, 2.24) is 0 Å². The van der Waals surface area contributed by atoms with E-state index in [4.69, 9.17) is 43.8 Å². The lowest BCUT2D eigenvalue weighted by Crippen LogP contribution is -2.39. The molecule has 0 aliphatic heterocycles. The molecular formula is C26H50O11. The molecule has 0 amide bonds. The number of carbonyl (C=O) groups excluding carboxylic acids is 2. The molecule has 0 atom stereocenters. The van der Waals surface area contributed by atoms with Crippen LogP contribution in [0, 0.1) is 0 Å². The Bertz CT molecular complexity index is 610. The van der Waals surface area contributed by atoms with E-state index in [2.05, 4.69) is 0 Å². The van der Waals surface area contributed by atoms with E-state index in [0.717, 1.165) is 0 Å². The first-order valence-corrected chi connectivity index (χ1v) is 12.5. The molecule has 11 heteroatoms. The van der Waals surface area contributed by atoms with Gasteiger partial charge in [0.05, 0.1) is 35.2 Å². The van der Waals surface area contributed by atoms with Crippen molar-refractivity contribution in [3.63, 3.8) is 0 Å². The molecule has 0 rings (SSSR count). The van der Waals surface area contributed by atoms with Gasteiger partial charge in [0.25, 0.3) is 0 Å². The van der Waals surface area contributed by atoms with Gasteiger partial charge in [0.2, 0.25) is 11.6 Å². The molecule has 0 saturated heterocycles. The van der Waals surface area contributed by atoms with E-state index in [1.165, 1.54) is 0 Å². The van der Waals surface area contributed by atoms with Gasteiger partial charge in [0.1, 0.15) is 0 Å². The molecule has 0 heterocycles. The molecule has 220 valence electrons. The van der Waals surface area contributed by atoms with Gasteiger partial charge in [-0.2, -0.15) is 19.6 Å². The van der Waals surface area contributed by atoms with Gasteiger partial charge in [-0.15, -0.1) is 0 Å². The lowest BCUT2D eigenvalue weighted by Gasteiger charge is -2.32. The van der Waals surface area contributed by atoms with Crippen molar-refractivity contribution in [2.75, 3.05) is 0 Å². The summed E-state index contributed by atoms with van der Waals surface area (Å²) in [5, 5.41) is 0. The Morgan fingerprint density at radius 1 is 0.405 bits per heavy atom. The zero-order valence-electron chi connectivity index (χ0n) is 25.3. The van der Waals surface area contributed by atoms with Crippen LogP contribution in [-0.2, 0) is 53.4 Å². The number of hydrogen-bond donors (Lipinski definition) is 0. The van der Waals surface area contributed by atoms with Crippen LogP contribution in [0.5, 0.6) is 0 Å². The van der Waals surface area contributed by atoms with E-state index in [1.807, 2.05) is 0 Å². The second kappa shape index (κ2) is 13.7. The third-order valence-electron chi connectivity index (χ3n) is 3.67. The van der Waals surface area contributed by atoms with E-state index in [1.54, 1.807) is 96.9 Å². The second-order valence-corrected chi connectivity index (χ2v) is 13.2. The molecule has 0 saturated carbocycles. The summed E-state index contributed by atoms with van der Waals surface area (Å²) in [5.74, 6) is -4.40. The van der Waals surface area contributed by atoms with Crippen LogP contribution in [0.2, 0.25) is 0 Å². The van der Waals surface area contributed by atoms with Crippen LogP contribution in [0.3, 0.4) is 0 Å². The minimum absolute atomic E-state index is 0.00590. The normalized spacial score (nSPS) is 14.1. The third kappa shape index (κ3) is 20.5. The summed E-state index contributed by atoms with van der Waals surface area (Å²) >= 11 is 0. The molecule has 0 aromatic heterocycles. The van der Waals surface area contributed by atoms with Gasteiger partial charge < -0.3 is 4.74 Å². The van der Waals surface area contributed by atoms with Gasteiger partial charge >= 0.3 is 11.9 Å². The molecule has 0 aliphatic carbocycles.